The molecule has 0 aliphatic carbocycles. The van der Waals surface area contributed by atoms with Crippen molar-refractivity contribution in [2.75, 3.05) is 18.8 Å². The minimum absolute atomic E-state index is 0.0607. The zero-order valence-electron chi connectivity index (χ0n) is 12.4. The molecule has 0 fully saturated rings. The number of rotatable bonds is 9. The highest BCUT2D eigenvalue weighted by atomic mass is 32.2. The van der Waals surface area contributed by atoms with Crippen LogP contribution in [0.5, 0.6) is 0 Å². The zero-order valence-corrected chi connectivity index (χ0v) is 13.3. The first kappa shape index (κ1) is 17.4. The van der Waals surface area contributed by atoms with E-state index < -0.39 is 15.9 Å². The van der Waals surface area contributed by atoms with Crippen molar-refractivity contribution >= 4 is 21.7 Å². The maximum Gasteiger partial charge on any atom is 0.248 e. The molecule has 0 spiro atoms. The van der Waals surface area contributed by atoms with Gasteiger partial charge in [-0.05, 0) is 12.8 Å². The first-order valence-corrected chi connectivity index (χ1v) is 8.38. The Hall–Kier alpha value is -1.61. The maximum absolute atomic E-state index is 12.6. The Balaban J connectivity index is 3.11. The number of aromatic nitrogens is 2. The number of aryl methyl sites for hydroxylation is 1. The SMILES string of the molecule is CCCCN(CC(N)=O)S(=O)(=O)c1cn(CCC)nc1N. The molecule has 0 radical (unpaired) electrons. The van der Waals surface area contributed by atoms with Crippen molar-refractivity contribution in [3.05, 3.63) is 6.20 Å². The summed E-state index contributed by atoms with van der Waals surface area (Å²) in [6.45, 7) is 4.32. The molecule has 4 N–H and O–H groups in total. The van der Waals surface area contributed by atoms with Crippen LogP contribution in [-0.4, -0.2) is 41.5 Å². The predicted octanol–water partition coefficient (Wildman–Crippen LogP) is 0.151. The zero-order chi connectivity index (χ0) is 16.0. The number of nitrogen functional groups attached to an aromatic ring is 1. The topological polar surface area (TPSA) is 124 Å². The highest BCUT2D eigenvalue weighted by molar-refractivity contribution is 7.89. The van der Waals surface area contributed by atoms with E-state index >= 15 is 0 Å². The first-order chi connectivity index (χ1) is 9.82. The molecule has 1 rings (SSSR count). The van der Waals surface area contributed by atoms with Crippen molar-refractivity contribution < 1.29 is 13.2 Å². The van der Waals surface area contributed by atoms with Crippen molar-refractivity contribution in [1.29, 1.82) is 0 Å². The van der Waals surface area contributed by atoms with Gasteiger partial charge in [0.05, 0.1) is 6.54 Å². The lowest BCUT2D eigenvalue weighted by Crippen LogP contribution is -2.39. The summed E-state index contributed by atoms with van der Waals surface area (Å²) in [6.07, 6.45) is 3.64. The number of nitrogens with two attached hydrogens (primary N) is 2. The molecule has 8 nitrogen and oxygen atoms in total. The average Bonchev–Trinajstić information content (AvgIpc) is 2.76. The summed E-state index contributed by atoms with van der Waals surface area (Å²) in [6, 6.07) is 0. The Morgan fingerprint density at radius 2 is 2.05 bits per heavy atom. The fraction of sp³-hybridized carbons (Fsp3) is 0.667. The summed E-state index contributed by atoms with van der Waals surface area (Å²) >= 11 is 0. The molecule has 1 heterocycles. The van der Waals surface area contributed by atoms with Gasteiger partial charge in [0.1, 0.15) is 4.90 Å². The Morgan fingerprint density at radius 3 is 2.57 bits per heavy atom. The van der Waals surface area contributed by atoms with E-state index in [1.165, 1.54) is 10.9 Å². The minimum Gasteiger partial charge on any atom is -0.381 e. The Labute approximate surface area is 125 Å². The molecule has 0 aliphatic heterocycles. The molecule has 1 aromatic rings. The standard InChI is InChI=1S/C12H23N5O3S/c1-3-5-7-17(9-11(13)18)21(19,20)10-8-16(6-4-2)15-12(10)14/h8H,3-7,9H2,1-2H3,(H2,13,18)(H2,14,15). The summed E-state index contributed by atoms with van der Waals surface area (Å²) in [5.74, 6) is -0.761. The van der Waals surface area contributed by atoms with Gasteiger partial charge in [-0.3, -0.25) is 9.48 Å². The van der Waals surface area contributed by atoms with Gasteiger partial charge in [-0.1, -0.05) is 20.3 Å². The highest BCUT2D eigenvalue weighted by Gasteiger charge is 2.29. The van der Waals surface area contributed by atoms with E-state index in [-0.39, 0.29) is 23.8 Å². The van der Waals surface area contributed by atoms with Crippen LogP contribution in [0.3, 0.4) is 0 Å². The molecule has 1 amide bonds. The lowest BCUT2D eigenvalue weighted by atomic mass is 10.3. The van der Waals surface area contributed by atoms with E-state index in [4.69, 9.17) is 11.5 Å². The quantitative estimate of drug-likeness (QED) is 0.671. The van der Waals surface area contributed by atoms with Gasteiger partial charge in [0.2, 0.25) is 15.9 Å². The number of nitrogens with zero attached hydrogens (tertiary/aromatic N) is 3. The Kier molecular flexibility index (Phi) is 6.16. The number of amides is 1. The van der Waals surface area contributed by atoms with E-state index in [2.05, 4.69) is 5.10 Å². The Morgan fingerprint density at radius 1 is 1.38 bits per heavy atom. The molecule has 1 aromatic heterocycles. The summed E-state index contributed by atoms with van der Waals surface area (Å²) in [5, 5.41) is 3.98. The summed E-state index contributed by atoms with van der Waals surface area (Å²) < 4.78 is 27.7. The smallest absolute Gasteiger partial charge is 0.248 e. The van der Waals surface area contributed by atoms with Gasteiger partial charge >= 0.3 is 0 Å². The number of anilines is 1. The third kappa shape index (κ3) is 4.43. The molecule has 0 bridgehead atoms. The van der Waals surface area contributed by atoms with Crippen LogP contribution in [0.15, 0.2) is 11.1 Å². The molecule has 0 aromatic carbocycles. The van der Waals surface area contributed by atoms with Crippen molar-refractivity contribution in [2.45, 2.75) is 44.6 Å². The summed E-state index contributed by atoms with van der Waals surface area (Å²) in [5.41, 5.74) is 10.8. The molecule has 9 heteroatoms. The van der Waals surface area contributed by atoms with Crippen LogP contribution in [-0.2, 0) is 21.4 Å². The van der Waals surface area contributed by atoms with Gasteiger partial charge in [-0.15, -0.1) is 0 Å². The number of carbonyl (C=O) groups is 1. The van der Waals surface area contributed by atoms with Crippen LogP contribution in [0, 0.1) is 0 Å². The van der Waals surface area contributed by atoms with Crippen LogP contribution in [0.1, 0.15) is 33.1 Å². The summed E-state index contributed by atoms with van der Waals surface area (Å²) in [4.78, 5) is 11.0. The molecule has 120 valence electrons. The monoisotopic (exact) mass is 317 g/mol. The molecular formula is C12H23N5O3S. The first-order valence-electron chi connectivity index (χ1n) is 6.94. The fourth-order valence-corrected chi connectivity index (χ4v) is 3.40. The minimum atomic E-state index is -3.87. The normalized spacial score (nSPS) is 12.0. The average molecular weight is 317 g/mol. The lowest BCUT2D eigenvalue weighted by Gasteiger charge is -2.19. The molecular weight excluding hydrogens is 294 g/mol. The van der Waals surface area contributed by atoms with Crippen molar-refractivity contribution in [3.63, 3.8) is 0 Å². The van der Waals surface area contributed by atoms with Crippen LogP contribution in [0.25, 0.3) is 0 Å². The van der Waals surface area contributed by atoms with Gasteiger partial charge in [0.25, 0.3) is 0 Å². The van der Waals surface area contributed by atoms with Crippen molar-refractivity contribution in [3.8, 4) is 0 Å². The van der Waals surface area contributed by atoms with Gasteiger partial charge in [0.15, 0.2) is 5.82 Å². The lowest BCUT2D eigenvalue weighted by molar-refractivity contribution is -0.118. The number of hydrogen-bond donors (Lipinski definition) is 2. The van der Waals surface area contributed by atoms with Crippen LogP contribution < -0.4 is 11.5 Å². The third-order valence-electron chi connectivity index (χ3n) is 2.92. The fourth-order valence-electron chi connectivity index (χ4n) is 1.89. The molecule has 21 heavy (non-hydrogen) atoms. The van der Waals surface area contributed by atoms with Gasteiger partial charge < -0.3 is 11.5 Å². The van der Waals surface area contributed by atoms with E-state index in [0.717, 1.165) is 17.1 Å². The molecule has 0 unspecified atom stereocenters. The van der Waals surface area contributed by atoms with Crippen molar-refractivity contribution in [1.82, 2.24) is 14.1 Å². The van der Waals surface area contributed by atoms with Crippen LogP contribution >= 0.6 is 0 Å². The maximum atomic E-state index is 12.6. The molecule has 0 saturated heterocycles. The van der Waals surface area contributed by atoms with Gasteiger partial charge in [-0.2, -0.15) is 9.40 Å². The second-order valence-corrected chi connectivity index (χ2v) is 6.71. The number of unbranched alkanes of at least 4 members (excludes halogenated alkanes) is 1. The predicted molar refractivity (Wildman–Crippen MR) is 79.8 cm³/mol. The highest BCUT2D eigenvalue weighted by Crippen LogP contribution is 2.21. The van der Waals surface area contributed by atoms with Gasteiger partial charge in [-0.25, -0.2) is 8.42 Å². The number of hydrogen-bond acceptors (Lipinski definition) is 5. The summed E-state index contributed by atoms with van der Waals surface area (Å²) in [7, 11) is -3.87. The number of sulfonamides is 1. The van der Waals surface area contributed by atoms with E-state index in [9.17, 15) is 13.2 Å². The molecule has 0 atom stereocenters. The third-order valence-corrected chi connectivity index (χ3v) is 4.78. The van der Waals surface area contributed by atoms with E-state index in [0.29, 0.717) is 13.0 Å². The van der Waals surface area contributed by atoms with Crippen LogP contribution in [0.2, 0.25) is 0 Å². The van der Waals surface area contributed by atoms with E-state index in [1.807, 2.05) is 13.8 Å². The molecule has 0 saturated carbocycles. The van der Waals surface area contributed by atoms with Gasteiger partial charge in [0, 0.05) is 19.3 Å². The Bertz CT molecular complexity index is 582. The van der Waals surface area contributed by atoms with Crippen LogP contribution in [0.4, 0.5) is 5.82 Å². The second-order valence-electron chi connectivity index (χ2n) is 4.80. The largest absolute Gasteiger partial charge is 0.381 e. The second kappa shape index (κ2) is 7.41. The number of primary amides is 1. The molecule has 0 aliphatic rings. The van der Waals surface area contributed by atoms with Crippen molar-refractivity contribution in [2.24, 2.45) is 5.73 Å². The van der Waals surface area contributed by atoms with E-state index in [1.54, 1.807) is 0 Å². The number of carbonyl (C=O) groups excluding carboxylic acids is 1.